The molecule has 0 unspecified atom stereocenters. The molecule has 0 aromatic heterocycles. The normalized spacial score (nSPS) is 14.5. The predicted molar refractivity (Wildman–Crippen MR) is 291 cm³/mol. The van der Waals surface area contributed by atoms with Gasteiger partial charge in [0.05, 0.1) is 0 Å². The first-order valence-corrected chi connectivity index (χ1v) is 39.6. The van der Waals surface area contributed by atoms with E-state index in [1.165, 1.54) is 72.6 Å². The van der Waals surface area contributed by atoms with Gasteiger partial charge in [0.15, 0.2) is 0 Å². The van der Waals surface area contributed by atoms with Crippen LogP contribution in [0.15, 0.2) is 131 Å². The van der Waals surface area contributed by atoms with Crippen molar-refractivity contribution in [1.82, 2.24) is 0 Å². The molecule has 0 saturated heterocycles. The first kappa shape index (κ1) is 54.6. The van der Waals surface area contributed by atoms with Gasteiger partial charge in [-0.15, -0.1) is 0 Å². The number of rotatable bonds is 25. The maximum absolute atomic E-state index is 8.48. The average molecular weight is 1030 g/mol. The molecule has 0 radical (unpaired) electrons. The summed E-state index contributed by atoms with van der Waals surface area (Å²) < 4.78 is 31.0. The van der Waals surface area contributed by atoms with Crippen molar-refractivity contribution in [2.75, 3.05) is 6.61 Å². The summed E-state index contributed by atoms with van der Waals surface area (Å²) in [6, 6.07) is 45.1. The average Bonchev–Trinajstić information content (AvgIpc) is 3.26. The zero-order valence-electron chi connectivity index (χ0n) is 43.1. The van der Waals surface area contributed by atoms with Gasteiger partial charge in [-0.2, -0.15) is 0 Å². The molecule has 4 aromatic rings. The molecule has 4 rings (SSSR count). The molecule has 0 aliphatic carbocycles. The second-order valence-electron chi connectivity index (χ2n) is 22.3. The van der Waals surface area contributed by atoms with Gasteiger partial charge in [-0.05, 0) is 0 Å². The van der Waals surface area contributed by atoms with Crippen LogP contribution in [0.1, 0.15) is 134 Å². The van der Waals surface area contributed by atoms with Crippen molar-refractivity contribution in [3.05, 3.63) is 131 Å². The molecule has 0 fully saturated rings. The van der Waals surface area contributed by atoms with Crippen molar-refractivity contribution in [1.29, 1.82) is 0 Å². The van der Waals surface area contributed by atoms with Crippen LogP contribution in [0.5, 0.6) is 0 Å². The van der Waals surface area contributed by atoms with Gasteiger partial charge in [-0.25, -0.2) is 0 Å². The van der Waals surface area contributed by atoms with E-state index in [1.807, 2.05) is 0 Å². The van der Waals surface area contributed by atoms with Gasteiger partial charge >= 0.3 is 404 Å². The van der Waals surface area contributed by atoms with E-state index in [0.717, 1.165) is 19.4 Å². The maximum atomic E-state index is 8.48. The standard InChI is InChI=1S/C45H63O3Si3.3C4H9.Sn/c1-13-41(47-50(44(5,6)7,37-27-18-14-19-28-37)38-29-20-15-21-30-38)42(35-26-36-46-49(11,12)43(2,3)4)48-51(45(8,9)10,39-31-22-16-23-32-39)40-33-24-17-25-34-40;3*1-3-4-2;/h1,13-25,27-34,41-42H,26,35-36H2,2-12H3;3*1,3-4H2,2H3;/t41-,42+;;;;/m1..../s1. The van der Waals surface area contributed by atoms with E-state index < -0.39 is 43.3 Å². The Bertz CT molecular complexity index is 1830. The SMILES string of the molecule is CCC[CH2][Sn](/[CH]=C/[C@@H](O[Si](c1ccccc1)(c1ccccc1)C(C)(C)C)[C@H](CCCO[Si](C)(C)C(C)(C)C)O[Si](c1ccccc1)(c1ccccc1)C(C)(C)C)([CH2]CCC)[CH2]CCC. The molecular formula is C57H90O3Si3Sn. The van der Waals surface area contributed by atoms with Crippen LogP contribution < -0.4 is 20.7 Å². The predicted octanol–water partition coefficient (Wildman–Crippen LogP) is 14.6. The van der Waals surface area contributed by atoms with E-state index in [-0.39, 0.29) is 27.3 Å². The third kappa shape index (κ3) is 13.6. The van der Waals surface area contributed by atoms with Crippen LogP contribution in [0.2, 0.25) is 41.5 Å². The van der Waals surface area contributed by atoms with Crippen molar-refractivity contribution in [3.8, 4) is 0 Å². The van der Waals surface area contributed by atoms with Crippen molar-refractivity contribution < 1.29 is 13.3 Å². The topological polar surface area (TPSA) is 27.7 Å². The Morgan fingerprint density at radius 3 is 1.14 bits per heavy atom. The molecule has 0 saturated carbocycles. The fourth-order valence-electron chi connectivity index (χ4n) is 9.68. The number of hydrogen-bond donors (Lipinski definition) is 0. The Hall–Kier alpha value is -2.05. The van der Waals surface area contributed by atoms with Crippen molar-refractivity contribution in [3.63, 3.8) is 0 Å². The molecule has 4 aromatic carbocycles. The Labute approximate surface area is 400 Å². The Balaban J connectivity index is 2.12. The quantitative estimate of drug-likeness (QED) is 0.0489. The zero-order valence-corrected chi connectivity index (χ0v) is 48.9. The molecule has 3 nitrogen and oxygen atoms in total. The van der Waals surface area contributed by atoms with Crippen LogP contribution in [0.4, 0.5) is 0 Å². The molecule has 7 heteroatoms. The van der Waals surface area contributed by atoms with E-state index in [4.69, 9.17) is 13.3 Å². The van der Waals surface area contributed by atoms with Crippen LogP contribution in [0.3, 0.4) is 0 Å². The molecule has 0 heterocycles. The summed E-state index contributed by atoms with van der Waals surface area (Å²) in [5, 5.41) is 5.01. The molecule has 352 valence electrons. The summed E-state index contributed by atoms with van der Waals surface area (Å²) >= 11 is -2.87. The van der Waals surface area contributed by atoms with Gasteiger partial charge < -0.3 is 0 Å². The second kappa shape index (κ2) is 24.3. The van der Waals surface area contributed by atoms with E-state index >= 15 is 0 Å². The van der Waals surface area contributed by atoms with Crippen molar-refractivity contribution >= 4 is 64.1 Å². The first-order chi connectivity index (χ1) is 30.2. The zero-order chi connectivity index (χ0) is 47.1. The van der Waals surface area contributed by atoms with Gasteiger partial charge in [-0.1, -0.05) is 0 Å². The molecule has 64 heavy (non-hydrogen) atoms. The first-order valence-electron chi connectivity index (χ1n) is 25.1. The fraction of sp³-hybridized carbons (Fsp3) is 0.544. The van der Waals surface area contributed by atoms with Crippen molar-refractivity contribution in [2.24, 2.45) is 0 Å². The molecule has 2 atom stereocenters. The minimum absolute atomic E-state index is 0.140. The Morgan fingerprint density at radius 2 is 0.828 bits per heavy atom. The van der Waals surface area contributed by atoms with E-state index in [9.17, 15) is 0 Å². The summed E-state index contributed by atoms with van der Waals surface area (Å²) in [4.78, 5) is 0. The van der Waals surface area contributed by atoms with Crippen molar-refractivity contribution in [2.45, 2.75) is 188 Å². The fourth-order valence-corrected chi connectivity index (χ4v) is 34.5. The van der Waals surface area contributed by atoms with Crippen LogP contribution in [-0.4, -0.2) is 62.1 Å². The molecule has 0 amide bonds. The molecule has 0 spiro atoms. The molecule has 0 N–H and O–H groups in total. The van der Waals surface area contributed by atoms with Gasteiger partial charge in [0.1, 0.15) is 0 Å². The summed E-state index contributed by atoms with van der Waals surface area (Å²) in [6.45, 7) is 34.2. The summed E-state index contributed by atoms with van der Waals surface area (Å²) in [6.07, 6.45) is 11.6. The van der Waals surface area contributed by atoms with Gasteiger partial charge in [0.25, 0.3) is 0 Å². The van der Waals surface area contributed by atoms with Gasteiger partial charge in [-0.3, -0.25) is 0 Å². The molecular weight excluding hydrogens is 936 g/mol. The summed E-state index contributed by atoms with van der Waals surface area (Å²) in [5.74, 6) is 0. The van der Waals surface area contributed by atoms with E-state index in [0.29, 0.717) is 0 Å². The van der Waals surface area contributed by atoms with Crippen LogP contribution >= 0.6 is 0 Å². The molecule has 0 aliphatic heterocycles. The minimum atomic E-state index is -3.05. The Morgan fingerprint density at radius 1 is 0.484 bits per heavy atom. The summed E-state index contributed by atoms with van der Waals surface area (Å²) in [7, 11) is -8.06. The van der Waals surface area contributed by atoms with Crippen LogP contribution in [-0.2, 0) is 13.3 Å². The van der Waals surface area contributed by atoms with Gasteiger partial charge in [0.2, 0.25) is 0 Å². The summed E-state index contributed by atoms with van der Waals surface area (Å²) in [5.41, 5.74) is 0. The third-order valence-corrected chi connectivity index (χ3v) is 43.2. The second-order valence-corrected chi connectivity index (χ2v) is 48.7. The molecule has 0 aliphatic rings. The molecule has 0 bridgehead atoms. The van der Waals surface area contributed by atoms with Gasteiger partial charge in [0, 0.05) is 0 Å². The number of benzene rings is 4. The monoisotopic (exact) mass is 1030 g/mol. The third-order valence-electron chi connectivity index (χ3n) is 14.5. The van der Waals surface area contributed by atoms with Crippen LogP contribution in [0, 0.1) is 0 Å². The van der Waals surface area contributed by atoms with E-state index in [1.54, 1.807) is 0 Å². The van der Waals surface area contributed by atoms with E-state index in [2.05, 4.69) is 228 Å². The number of unbranched alkanes of at least 4 members (excludes halogenated alkanes) is 3. The van der Waals surface area contributed by atoms with Crippen LogP contribution in [0.25, 0.3) is 0 Å². The Kier molecular flexibility index (Phi) is 20.7. The number of hydrogen-bond acceptors (Lipinski definition) is 3.